The van der Waals surface area contributed by atoms with Crippen LogP contribution in [0, 0.1) is 5.82 Å². The maximum Gasteiger partial charge on any atom is 0.230 e. The quantitative estimate of drug-likeness (QED) is 0.904. The highest BCUT2D eigenvalue weighted by Crippen LogP contribution is 2.27. The lowest BCUT2D eigenvalue weighted by atomic mass is 10.1. The maximum atomic E-state index is 13.5. The third-order valence-electron chi connectivity index (χ3n) is 3.66. The molecule has 22 heavy (non-hydrogen) atoms. The first kappa shape index (κ1) is 14.2. The Labute approximate surface area is 126 Å². The maximum absolute atomic E-state index is 13.5. The van der Waals surface area contributed by atoms with Crippen molar-refractivity contribution in [2.45, 2.75) is 26.4 Å². The second kappa shape index (κ2) is 5.59. The number of nitrogens with one attached hydrogen (secondary N) is 2. The first-order chi connectivity index (χ1) is 10.5. The fraction of sp³-hybridized carbons (Fsp3) is 0.267. The van der Waals surface area contributed by atoms with Gasteiger partial charge in [0, 0.05) is 12.5 Å². The molecule has 0 fully saturated rings. The van der Waals surface area contributed by atoms with Gasteiger partial charge in [0.15, 0.2) is 0 Å². The van der Waals surface area contributed by atoms with Crippen molar-refractivity contribution in [3.8, 4) is 0 Å². The summed E-state index contributed by atoms with van der Waals surface area (Å²) in [5.74, 6) is -0.310. The van der Waals surface area contributed by atoms with Gasteiger partial charge in [-0.05, 0) is 11.6 Å². The number of fused-ring (bicyclic) bond motifs is 1. The number of aromatic amines is 1. The van der Waals surface area contributed by atoms with Gasteiger partial charge in [-0.1, -0.05) is 18.2 Å². The number of aromatic nitrogens is 2. The minimum Gasteiger partial charge on any atom is -0.332 e. The average molecular weight is 302 g/mol. The molecule has 0 bridgehead atoms. The molecule has 0 aliphatic carbocycles. The van der Waals surface area contributed by atoms with E-state index in [-0.39, 0.29) is 18.2 Å². The normalized spacial score (nSPS) is 13.1. The fourth-order valence-electron chi connectivity index (χ4n) is 2.46. The molecular formula is C15H15FN4O2. The number of nitrogens with zero attached hydrogens (tertiary/aromatic N) is 2. The molecule has 0 radical (unpaired) electrons. The molecule has 7 heteroatoms. The summed E-state index contributed by atoms with van der Waals surface area (Å²) in [4.78, 5) is 25.1. The van der Waals surface area contributed by atoms with E-state index in [1.807, 2.05) is 0 Å². The third kappa shape index (κ3) is 2.69. The largest absolute Gasteiger partial charge is 0.332 e. The fourth-order valence-corrected chi connectivity index (χ4v) is 2.46. The number of carbonyl (C=O) groups is 2. The van der Waals surface area contributed by atoms with E-state index in [1.54, 1.807) is 23.1 Å². The van der Waals surface area contributed by atoms with Gasteiger partial charge < -0.3 is 10.2 Å². The molecule has 2 N–H and O–H groups in total. The van der Waals surface area contributed by atoms with Crippen LogP contribution in [0.4, 0.5) is 10.2 Å². The highest BCUT2D eigenvalue weighted by Gasteiger charge is 2.27. The van der Waals surface area contributed by atoms with E-state index < -0.39 is 5.82 Å². The molecule has 2 heterocycles. The number of H-pyrrole nitrogens is 1. The van der Waals surface area contributed by atoms with Crippen molar-refractivity contribution in [1.82, 2.24) is 15.1 Å². The summed E-state index contributed by atoms with van der Waals surface area (Å²) in [5, 5.41) is 9.55. The predicted octanol–water partition coefficient (Wildman–Crippen LogP) is 1.59. The first-order valence-corrected chi connectivity index (χ1v) is 6.89. The number of carbonyl (C=O) groups excluding carboxylic acids is 2. The number of amides is 2. The van der Waals surface area contributed by atoms with Crippen molar-refractivity contribution >= 4 is 17.6 Å². The van der Waals surface area contributed by atoms with Crippen LogP contribution < -0.4 is 5.32 Å². The minimum atomic E-state index is -0.407. The van der Waals surface area contributed by atoms with Crippen LogP contribution in [0.5, 0.6) is 0 Å². The summed E-state index contributed by atoms with van der Waals surface area (Å²) in [5.41, 5.74) is 1.88. The van der Waals surface area contributed by atoms with E-state index in [0.29, 0.717) is 24.5 Å². The molecule has 114 valence electrons. The summed E-state index contributed by atoms with van der Waals surface area (Å²) >= 11 is 0. The summed E-state index contributed by atoms with van der Waals surface area (Å²) in [6.07, 6.45) is -0.0586. The Morgan fingerprint density at radius 3 is 2.86 bits per heavy atom. The second-order valence-corrected chi connectivity index (χ2v) is 5.22. The van der Waals surface area contributed by atoms with E-state index in [1.165, 1.54) is 13.0 Å². The Morgan fingerprint density at radius 2 is 2.14 bits per heavy atom. The van der Waals surface area contributed by atoms with Crippen LogP contribution in [0.1, 0.15) is 23.7 Å². The van der Waals surface area contributed by atoms with Crippen molar-refractivity contribution < 1.29 is 14.0 Å². The summed E-state index contributed by atoms with van der Waals surface area (Å²) < 4.78 is 13.5. The summed E-state index contributed by atoms with van der Waals surface area (Å²) in [7, 11) is 0. The van der Waals surface area contributed by atoms with E-state index in [0.717, 1.165) is 11.3 Å². The zero-order chi connectivity index (χ0) is 15.7. The van der Waals surface area contributed by atoms with Gasteiger partial charge in [0.1, 0.15) is 11.6 Å². The molecular weight excluding hydrogens is 287 g/mol. The van der Waals surface area contributed by atoms with E-state index >= 15 is 0 Å². The number of benzene rings is 1. The molecule has 1 aliphatic rings. The molecule has 0 spiro atoms. The molecule has 2 amide bonds. The molecule has 1 aromatic carbocycles. The lowest BCUT2D eigenvalue weighted by molar-refractivity contribution is -0.129. The van der Waals surface area contributed by atoms with Crippen molar-refractivity contribution in [2.75, 3.05) is 5.32 Å². The van der Waals surface area contributed by atoms with Crippen molar-refractivity contribution in [3.63, 3.8) is 0 Å². The highest BCUT2D eigenvalue weighted by atomic mass is 19.1. The topological polar surface area (TPSA) is 78.1 Å². The Balaban J connectivity index is 1.69. The third-order valence-corrected chi connectivity index (χ3v) is 3.66. The SMILES string of the molecule is CC(=O)N1Cc2n[nH]c(NC(=O)Cc3ccccc3F)c2C1. The average Bonchev–Trinajstić information content (AvgIpc) is 3.03. The predicted molar refractivity (Wildman–Crippen MR) is 77.2 cm³/mol. The molecule has 0 atom stereocenters. The van der Waals surface area contributed by atoms with Gasteiger partial charge in [0.25, 0.3) is 0 Å². The Morgan fingerprint density at radius 1 is 1.36 bits per heavy atom. The van der Waals surface area contributed by atoms with Crippen LogP contribution in [0.3, 0.4) is 0 Å². The molecule has 0 saturated carbocycles. The zero-order valence-corrected chi connectivity index (χ0v) is 12.0. The lowest BCUT2D eigenvalue weighted by Gasteiger charge is -2.12. The molecule has 0 saturated heterocycles. The second-order valence-electron chi connectivity index (χ2n) is 5.22. The number of halogens is 1. The molecule has 0 unspecified atom stereocenters. The van der Waals surface area contributed by atoms with Gasteiger partial charge in [-0.3, -0.25) is 14.7 Å². The molecule has 3 rings (SSSR count). The smallest absolute Gasteiger partial charge is 0.230 e. The number of hydrogen-bond donors (Lipinski definition) is 2. The Hall–Kier alpha value is -2.70. The van der Waals surface area contributed by atoms with Gasteiger partial charge in [-0.2, -0.15) is 5.10 Å². The van der Waals surface area contributed by atoms with Crippen LogP contribution in [-0.4, -0.2) is 26.9 Å². The van der Waals surface area contributed by atoms with E-state index in [9.17, 15) is 14.0 Å². The van der Waals surface area contributed by atoms with Gasteiger partial charge in [0.05, 0.1) is 25.2 Å². The van der Waals surface area contributed by atoms with E-state index in [2.05, 4.69) is 15.5 Å². The molecule has 6 nitrogen and oxygen atoms in total. The molecule has 1 aliphatic heterocycles. The summed E-state index contributed by atoms with van der Waals surface area (Å²) in [6.45, 7) is 2.34. The van der Waals surface area contributed by atoms with Crippen molar-refractivity contribution in [1.29, 1.82) is 0 Å². The van der Waals surface area contributed by atoms with Gasteiger partial charge >= 0.3 is 0 Å². The zero-order valence-electron chi connectivity index (χ0n) is 12.0. The first-order valence-electron chi connectivity index (χ1n) is 6.89. The van der Waals surface area contributed by atoms with Crippen LogP contribution in [-0.2, 0) is 29.1 Å². The Kier molecular flexibility index (Phi) is 3.62. The Bertz CT molecular complexity index is 741. The molecule has 2 aromatic rings. The van der Waals surface area contributed by atoms with Crippen LogP contribution in [0.15, 0.2) is 24.3 Å². The summed E-state index contributed by atoms with van der Waals surface area (Å²) in [6, 6.07) is 6.16. The standard InChI is InChI=1S/C15H15FN4O2/c1-9(21)20-7-11-13(8-20)18-19-15(11)17-14(22)6-10-4-2-3-5-12(10)16/h2-5H,6-8H2,1H3,(H2,17,18,19,22). The molecule has 1 aromatic heterocycles. The number of rotatable bonds is 3. The number of hydrogen-bond acceptors (Lipinski definition) is 3. The van der Waals surface area contributed by atoms with E-state index in [4.69, 9.17) is 0 Å². The van der Waals surface area contributed by atoms with Gasteiger partial charge in [-0.25, -0.2) is 4.39 Å². The number of anilines is 1. The van der Waals surface area contributed by atoms with Gasteiger partial charge in [-0.15, -0.1) is 0 Å². The van der Waals surface area contributed by atoms with Crippen LogP contribution in [0.2, 0.25) is 0 Å². The van der Waals surface area contributed by atoms with Gasteiger partial charge in [0.2, 0.25) is 11.8 Å². The van der Waals surface area contributed by atoms with Crippen LogP contribution >= 0.6 is 0 Å². The lowest BCUT2D eigenvalue weighted by Crippen LogP contribution is -2.23. The monoisotopic (exact) mass is 302 g/mol. The highest BCUT2D eigenvalue weighted by molar-refractivity contribution is 5.92. The van der Waals surface area contributed by atoms with Crippen molar-refractivity contribution in [2.24, 2.45) is 0 Å². The minimum absolute atomic E-state index is 0.0402. The van der Waals surface area contributed by atoms with Crippen molar-refractivity contribution in [3.05, 3.63) is 46.9 Å². The van der Waals surface area contributed by atoms with Crippen LogP contribution in [0.25, 0.3) is 0 Å².